The molecule has 1 fully saturated rings. The second-order valence-corrected chi connectivity index (χ2v) is 7.03. The molecule has 0 saturated carbocycles. The van der Waals surface area contributed by atoms with Gasteiger partial charge in [-0.15, -0.1) is 0 Å². The summed E-state index contributed by atoms with van der Waals surface area (Å²) in [5.74, 6) is 0.235. The molecule has 0 spiro atoms. The fourth-order valence-electron chi connectivity index (χ4n) is 3.57. The molecule has 4 rings (SSSR count). The quantitative estimate of drug-likeness (QED) is 0.861. The van der Waals surface area contributed by atoms with Gasteiger partial charge < -0.3 is 4.90 Å². The number of rotatable bonds is 4. The van der Waals surface area contributed by atoms with Crippen LogP contribution in [0, 0.1) is 6.92 Å². The van der Waals surface area contributed by atoms with Crippen molar-refractivity contribution in [1.29, 1.82) is 0 Å². The summed E-state index contributed by atoms with van der Waals surface area (Å²) in [6.07, 6.45) is 7.09. The van der Waals surface area contributed by atoms with E-state index >= 15 is 0 Å². The predicted octanol–water partition coefficient (Wildman–Crippen LogP) is 2.36. The monoisotopic (exact) mass is 336 g/mol. The molecule has 1 amide bonds. The summed E-state index contributed by atoms with van der Waals surface area (Å²) in [6.45, 7) is 5.92. The third-order valence-corrected chi connectivity index (χ3v) is 5.11. The van der Waals surface area contributed by atoms with Gasteiger partial charge in [-0.3, -0.25) is 14.4 Å². The molecule has 5 nitrogen and oxygen atoms in total. The number of aryl methyl sites for hydroxylation is 1. The molecular weight excluding hydrogens is 312 g/mol. The highest BCUT2D eigenvalue weighted by Crippen LogP contribution is 2.23. The van der Waals surface area contributed by atoms with Gasteiger partial charge in [-0.1, -0.05) is 36.4 Å². The van der Waals surface area contributed by atoms with Gasteiger partial charge in [0.15, 0.2) is 0 Å². The van der Waals surface area contributed by atoms with Crippen LogP contribution in [0.4, 0.5) is 0 Å². The third kappa shape index (κ3) is 3.51. The summed E-state index contributed by atoms with van der Waals surface area (Å²) < 4.78 is 2.02. The number of benzene rings is 1. The van der Waals surface area contributed by atoms with Gasteiger partial charge in [0.1, 0.15) is 0 Å². The van der Waals surface area contributed by atoms with Crippen LogP contribution in [-0.4, -0.2) is 58.2 Å². The van der Waals surface area contributed by atoms with E-state index in [4.69, 9.17) is 0 Å². The summed E-state index contributed by atoms with van der Waals surface area (Å²) >= 11 is 0. The van der Waals surface area contributed by atoms with Gasteiger partial charge in [0, 0.05) is 32.4 Å². The Morgan fingerprint density at radius 1 is 1.24 bits per heavy atom. The van der Waals surface area contributed by atoms with Crippen molar-refractivity contribution in [2.75, 3.05) is 32.7 Å². The molecule has 0 radical (unpaired) electrons. The maximum atomic E-state index is 12.5. The lowest BCUT2D eigenvalue weighted by Gasteiger charge is -2.40. The molecule has 0 bridgehead atoms. The highest BCUT2D eigenvalue weighted by Gasteiger charge is 2.31. The molecule has 1 saturated heterocycles. The van der Waals surface area contributed by atoms with Crippen molar-refractivity contribution in [2.24, 2.45) is 0 Å². The smallest absolute Gasteiger partial charge is 0.237 e. The Balaban J connectivity index is 1.27. The minimum atomic E-state index is 0.235. The lowest BCUT2D eigenvalue weighted by molar-refractivity contribution is -0.133. The summed E-state index contributed by atoms with van der Waals surface area (Å²) in [4.78, 5) is 16.7. The maximum absolute atomic E-state index is 12.5. The van der Waals surface area contributed by atoms with Gasteiger partial charge in [0.2, 0.25) is 5.91 Å². The van der Waals surface area contributed by atoms with Crippen LogP contribution in [0.25, 0.3) is 5.57 Å². The summed E-state index contributed by atoms with van der Waals surface area (Å²) in [5, 5.41) is 4.37. The van der Waals surface area contributed by atoms with E-state index in [0.717, 1.165) is 32.6 Å². The fraction of sp³-hybridized carbons (Fsp3) is 0.400. The minimum Gasteiger partial charge on any atom is -0.338 e. The van der Waals surface area contributed by atoms with Crippen LogP contribution in [0.2, 0.25) is 0 Å². The predicted molar refractivity (Wildman–Crippen MR) is 98.1 cm³/mol. The van der Waals surface area contributed by atoms with E-state index in [0.29, 0.717) is 12.6 Å². The van der Waals surface area contributed by atoms with Gasteiger partial charge in [-0.2, -0.15) is 5.10 Å². The number of carbonyl (C=O) groups is 1. The SMILES string of the molecule is Cc1cnn(C2CN(CC(=O)N3CC=C(c4ccccc4)CC3)C2)c1. The average Bonchev–Trinajstić information content (AvgIpc) is 3.04. The number of hydrogen-bond donors (Lipinski definition) is 0. The fourth-order valence-corrected chi connectivity index (χ4v) is 3.57. The molecule has 3 heterocycles. The molecular formula is C20H24N4O. The standard InChI is InChI=1S/C20H24N4O/c1-16-11-21-24(12-16)19-13-22(14-19)15-20(25)23-9-7-18(8-10-23)17-5-3-2-4-6-17/h2-7,11-12,19H,8-10,13-15H2,1H3. The van der Waals surface area contributed by atoms with Gasteiger partial charge in [-0.05, 0) is 30.0 Å². The van der Waals surface area contributed by atoms with E-state index < -0.39 is 0 Å². The summed E-state index contributed by atoms with van der Waals surface area (Å²) in [5.41, 5.74) is 3.81. The number of carbonyl (C=O) groups excluding carboxylic acids is 1. The lowest BCUT2D eigenvalue weighted by atomic mass is 9.99. The highest BCUT2D eigenvalue weighted by molar-refractivity contribution is 5.80. The number of nitrogens with zero attached hydrogens (tertiary/aromatic N) is 4. The lowest BCUT2D eigenvalue weighted by Crippen LogP contribution is -2.52. The zero-order chi connectivity index (χ0) is 17.2. The Labute approximate surface area is 148 Å². The van der Waals surface area contributed by atoms with Crippen molar-refractivity contribution in [1.82, 2.24) is 19.6 Å². The zero-order valence-electron chi connectivity index (χ0n) is 14.6. The van der Waals surface area contributed by atoms with Crippen molar-refractivity contribution in [3.05, 3.63) is 59.9 Å². The Kier molecular flexibility index (Phi) is 4.40. The molecule has 1 aromatic carbocycles. The Morgan fingerprint density at radius 3 is 2.68 bits per heavy atom. The van der Waals surface area contributed by atoms with Crippen LogP contribution in [0.5, 0.6) is 0 Å². The average molecular weight is 336 g/mol. The first-order valence-electron chi connectivity index (χ1n) is 8.94. The van der Waals surface area contributed by atoms with Crippen LogP contribution < -0.4 is 0 Å². The van der Waals surface area contributed by atoms with Crippen molar-refractivity contribution in [2.45, 2.75) is 19.4 Å². The number of hydrogen-bond acceptors (Lipinski definition) is 3. The van der Waals surface area contributed by atoms with Gasteiger partial charge >= 0.3 is 0 Å². The molecule has 2 aromatic rings. The van der Waals surface area contributed by atoms with Crippen LogP contribution in [0.1, 0.15) is 23.6 Å². The van der Waals surface area contributed by atoms with E-state index in [1.165, 1.54) is 16.7 Å². The van der Waals surface area contributed by atoms with Crippen molar-refractivity contribution < 1.29 is 4.79 Å². The number of aromatic nitrogens is 2. The molecule has 2 aliphatic rings. The highest BCUT2D eigenvalue weighted by atomic mass is 16.2. The minimum absolute atomic E-state index is 0.235. The third-order valence-electron chi connectivity index (χ3n) is 5.11. The van der Waals surface area contributed by atoms with E-state index in [1.54, 1.807) is 0 Å². The van der Waals surface area contributed by atoms with Crippen LogP contribution in [-0.2, 0) is 4.79 Å². The van der Waals surface area contributed by atoms with E-state index in [2.05, 4.69) is 53.5 Å². The van der Waals surface area contributed by atoms with Crippen LogP contribution >= 0.6 is 0 Å². The molecule has 1 aromatic heterocycles. The van der Waals surface area contributed by atoms with Crippen LogP contribution in [0.3, 0.4) is 0 Å². The summed E-state index contributed by atoms with van der Waals surface area (Å²) in [6, 6.07) is 10.9. The molecule has 0 N–H and O–H groups in total. The molecule has 2 aliphatic heterocycles. The Bertz CT molecular complexity index is 774. The molecule has 5 heteroatoms. The topological polar surface area (TPSA) is 41.4 Å². The van der Waals surface area contributed by atoms with E-state index in [1.807, 2.05) is 21.8 Å². The second kappa shape index (κ2) is 6.84. The van der Waals surface area contributed by atoms with Gasteiger partial charge in [-0.25, -0.2) is 0 Å². The van der Waals surface area contributed by atoms with E-state index in [9.17, 15) is 4.79 Å². The maximum Gasteiger partial charge on any atom is 0.237 e. The first-order chi connectivity index (χ1) is 12.2. The molecule has 25 heavy (non-hydrogen) atoms. The first kappa shape index (κ1) is 16.1. The first-order valence-corrected chi connectivity index (χ1v) is 8.94. The second-order valence-electron chi connectivity index (χ2n) is 7.03. The Morgan fingerprint density at radius 2 is 2.04 bits per heavy atom. The van der Waals surface area contributed by atoms with Crippen molar-refractivity contribution in [3.63, 3.8) is 0 Å². The van der Waals surface area contributed by atoms with Gasteiger partial charge in [0.05, 0.1) is 18.8 Å². The van der Waals surface area contributed by atoms with Crippen molar-refractivity contribution in [3.8, 4) is 0 Å². The Hall–Kier alpha value is -2.40. The molecule has 0 unspecified atom stereocenters. The van der Waals surface area contributed by atoms with E-state index in [-0.39, 0.29) is 5.91 Å². The summed E-state index contributed by atoms with van der Waals surface area (Å²) in [7, 11) is 0. The zero-order valence-corrected chi connectivity index (χ0v) is 14.6. The van der Waals surface area contributed by atoms with Gasteiger partial charge in [0.25, 0.3) is 0 Å². The number of likely N-dealkylation sites (tertiary alicyclic amines) is 1. The normalized spacial score (nSPS) is 18.8. The largest absolute Gasteiger partial charge is 0.338 e. The van der Waals surface area contributed by atoms with Crippen LogP contribution in [0.15, 0.2) is 48.8 Å². The molecule has 130 valence electrons. The molecule has 0 atom stereocenters. The van der Waals surface area contributed by atoms with Crippen molar-refractivity contribution >= 4 is 11.5 Å². The number of amides is 1. The molecule has 0 aliphatic carbocycles.